The van der Waals surface area contributed by atoms with Crippen LogP contribution < -0.4 is 10.6 Å². The summed E-state index contributed by atoms with van der Waals surface area (Å²) in [6.07, 6.45) is 2.10. The van der Waals surface area contributed by atoms with Crippen LogP contribution in [0, 0.1) is 5.82 Å². The molecule has 2 aliphatic rings. The quantitative estimate of drug-likeness (QED) is 0.364. The van der Waals surface area contributed by atoms with E-state index in [-0.39, 0.29) is 32.3 Å². The van der Waals surface area contributed by atoms with E-state index in [1.807, 2.05) is 30.6 Å². The number of carbonyl (C=O) groups excluding carboxylic acids is 1. The summed E-state index contributed by atoms with van der Waals surface area (Å²) in [5.41, 5.74) is 1.06. The SMILES string of the molecule is CCNc1ncc(F)c(Nc2n[nH]c3c2CN(C(=O)N2C[C@@H](C)N(CCCOC)C[C@@H]2C)C3(C)C)n1.[B]. The highest BCUT2D eigenvalue weighted by atomic mass is 19.1. The molecule has 0 aliphatic carbocycles. The average Bonchev–Trinajstić information content (AvgIpc) is 3.35. The number of halogens is 1. The number of rotatable bonds is 8. The molecule has 2 aliphatic heterocycles. The maximum Gasteiger partial charge on any atom is 0.321 e. The first kappa shape index (κ1) is 28.6. The number of nitrogens with one attached hydrogen (secondary N) is 3. The van der Waals surface area contributed by atoms with Crippen molar-refractivity contribution in [1.29, 1.82) is 0 Å². The number of fused-ring (bicyclic) bond motifs is 1. The lowest BCUT2D eigenvalue weighted by molar-refractivity contribution is 0.0315. The van der Waals surface area contributed by atoms with Crippen molar-refractivity contribution in [2.75, 3.05) is 50.5 Å². The molecule has 1 fully saturated rings. The summed E-state index contributed by atoms with van der Waals surface area (Å²) < 4.78 is 19.6. The van der Waals surface area contributed by atoms with Gasteiger partial charge in [0, 0.05) is 66.0 Å². The lowest BCUT2D eigenvalue weighted by Crippen LogP contribution is -2.61. The second-order valence-corrected chi connectivity index (χ2v) is 10.1. The van der Waals surface area contributed by atoms with E-state index >= 15 is 0 Å². The standard InChI is InChI=1S/C24H38FN9O2.B/c1-7-26-22-27-11-18(25)21(29-22)28-20-17-14-34(24(4,5)19(17)30-31-20)23(35)33-13-15(2)32(12-16(33)3)9-8-10-36-6;/h11,15-16H,7-10,12-14H2,1-6H3,(H3,26,27,28,29,30,31);/t15-,16+;/m1./s1. The van der Waals surface area contributed by atoms with Crippen LogP contribution in [0.1, 0.15) is 52.3 Å². The number of hydrogen-bond acceptors (Lipinski definition) is 8. The molecule has 4 rings (SSSR count). The summed E-state index contributed by atoms with van der Waals surface area (Å²) in [5, 5.41) is 13.4. The molecule has 2 amide bonds. The van der Waals surface area contributed by atoms with Gasteiger partial charge in [0.15, 0.2) is 17.5 Å². The number of methoxy groups -OCH3 is 1. The van der Waals surface area contributed by atoms with Gasteiger partial charge in [0.25, 0.3) is 0 Å². The molecule has 1 saturated heterocycles. The Morgan fingerprint density at radius 2 is 2.03 bits per heavy atom. The van der Waals surface area contributed by atoms with Crippen molar-refractivity contribution >= 4 is 32.0 Å². The molecule has 37 heavy (non-hydrogen) atoms. The third-order valence-corrected chi connectivity index (χ3v) is 7.17. The molecule has 201 valence electrons. The van der Waals surface area contributed by atoms with E-state index in [0.29, 0.717) is 31.4 Å². The number of H-pyrrole nitrogens is 1. The number of nitrogens with zero attached hydrogens (tertiary/aromatic N) is 6. The van der Waals surface area contributed by atoms with Crippen molar-refractivity contribution in [2.45, 2.75) is 65.2 Å². The van der Waals surface area contributed by atoms with Crippen LogP contribution in [0.25, 0.3) is 0 Å². The summed E-state index contributed by atoms with van der Waals surface area (Å²) in [7, 11) is 1.72. The number of urea groups is 1. The zero-order chi connectivity index (χ0) is 26.0. The molecule has 2 aromatic heterocycles. The van der Waals surface area contributed by atoms with Crippen LogP contribution >= 0.6 is 0 Å². The normalized spacial score (nSPS) is 20.9. The van der Waals surface area contributed by atoms with Crippen molar-refractivity contribution in [3.05, 3.63) is 23.3 Å². The Labute approximate surface area is 220 Å². The first-order valence-corrected chi connectivity index (χ1v) is 12.6. The fraction of sp³-hybridized carbons (Fsp3) is 0.667. The van der Waals surface area contributed by atoms with Crippen molar-refractivity contribution in [1.82, 2.24) is 34.9 Å². The van der Waals surface area contributed by atoms with Crippen molar-refractivity contribution in [2.24, 2.45) is 0 Å². The lowest BCUT2D eigenvalue weighted by atomic mass is 10.0. The fourth-order valence-electron chi connectivity index (χ4n) is 5.08. The zero-order valence-electron chi connectivity index (χ0n) is 22.6. The van der Waals surface area contributed by atoms with Crippen molar-refractivity contribution < 1.29 is 13.9 Å². The minimum atomic E-state index is -0.600. The van der Waals surface area contributed by atoms with Crippen LogP contribution in [0.2, 0.25) is 0 Å². The monoisotopic (exact) mass is 514 g/mol. The molecule has 3 radical (unpaired) electrons. The van der Waals surface area contributed by atoms with Crippen LogP contribution in [0.15, 0.2) is 6.20 Å². The van der Waals surface area contributed by atoms with Gasteiger partial charge in [0.1, 0.15) is 0 Å². The smallest absolute Gasteiger partial charge is 0.321 e. The number of carbonyl (C=O) groups is 1. The van der Waals surface area contributed by atoms with Crippen LogP contribution in [-0.2, 0) is 16.8 Å². The highest BCUT2D eigenvalue weighted by Crippen LogP contribution is 2.42. The first-order valence-electron chi connectivity index (χ1n) is 12.6. The molecule has 0 spiro atoms. The molecule has 0 saturated carbocycles. The Balaban J connectivity index is 0.00000380. The molecule has 2 aromatic rings. The number of amides is 2. The van der Waals surface area contributed by atoms with E-state index in [2.05, 4.69) is 49.5 Å². The number of anilines is 3. The maximum atomic E-state index is 14.4. The summed E-state index contributed by atoms with van der Waals surface area (Å²) in [4.78, 5) is 28.2. The molecule has 4 heterocycles. The Bertz CT molecular complexity index is 1080. The first-order chi connectivity index (χ1) is 17.2. The summed E-state index contributed by atoms with van der Waals surface area (Å²) in [6.45, 7) is 14.3. The van der Waals surface area contributed by atoms with Gasteiger partial charge in [-0.2, -0.15) is 10.1 Å². The Morgan fingerprint density at radius 3 is 2.73 bits per heavy atom. The van der Waals surface area contributed by atoms with E-state index in [1.165, 1.54) is 0 Å². The predicted molar refractivity (Wildman–Crippen MR) is 141 cm³/mol. The number of ether oxygens (including phenoxy) is 1. The minimum absolute atomic E-state index is 0. The molecular weight excluding hydrogens is 476 g/mol. The highest BCUT2D eigenvalue weighted by Gasteiger charge is 2.46. The van der Waals surface area contributed by atoms with E-state index in [9.17, 15) is 9.18 Å². The van der Waals surface area contributed by atoms with Gasteiger partial charge in [-0.15, -0.1) is 0 Å². The summed E-state index contributed by atoms with van der Waals surface area (Å²) in [6, 6.07) is 0.339. The van der Waals surface area contributed by atoms with Crippen molar-refractivity contribution in [3.8, 4) is 0 Å². The summed E-state index contributed by atoms with van der Waals surface area (Å²) >= 11 is 0. The third-order valence-electron chi connectivity index (χ3n) is 7.17. The lowest BCUT2D eigenvalue weighted by Gasteiger charge is -2.46. The van der Waals surface area contributed by atoms with Gasteiger partial charge in [0.2, 0.25) is 5.95 Å². The molecular formula is C24H38BFN9O2. The zero-order valence-corrected chi connectivity index (χ0v) is 22.6. The number of piperazine rings is 1. The molecule has 2 atom stereocenters. The van der Waals surface area contributed by atoms with Gasteiger partial charge in [-0.1, -0.05) is 0 Å². The molecule has 0 bridgehead atoms. The van der Waals surface area contributed by atoms with Gasteiger partial charge in [0.05, 0.1) is 24.0 Å². The molecule has 0 unspecified atom stereocenters. The highest BCUT2D eigenvalue weighted by molar-refractivity contribution is 5.78. The number of aromatic amines is 1. The Kier molecular flexibility index (Phi) is 9.01. The Hall–Kier alpha value is -2.93. The van der Waals surface area contributed by atoms with Crippen LogP contribution in [-0.4, -0.2) is 101 Å². The Morgan fingerprint density at radius 1 is 1.27 bits per heavy atom. The van der Waals surface area contributed by atoms with E-state index in [4.69, 9.17) is 4.74 Å². The molecule has 3 N–H and O–H groups in total. The molecule has 0 aromatic carbocycles. The molecule has 13 heteroatoms. The minimum Gasteiger partial charge on any atom is -0.385 e. The topological polar surface area (TPSA) is 115 Å². The van der Waals surface area contributed by atoms with E-state index < -0.39 is 11.4 Å². The largest absolute Gasteiger partial charge is 0.385 e. The van der Waals surface area contributed by atoms with Gasteiger partial charge in [-0.05, 0) is 41.0 Å². The van der Waals surface area contributed by atoms with Crippen molar-refractivity contribution in [3.63, 3.8) is 0 Å². The number of hydrogen-bond donors (Lipinski definition) is 3. The maximum absolute atomic E-state index is 14.4. The average molecular weight is 514 g/mol. The second-order valence-electron chi connectivity index (χ2n) is 10.1. The summed E-state index contributed by atoms with van der Waals surface area (Å²) in [5.74, 6) is 0.239. The predicted octanol–water partition coefficient (Wildman–Crippen LogP) is 2.74. The van der Waals surface area contributed by atoms with Gasteiger partial charge in [-0.25, -0.2) is 14.2 Å². The van der Waals surface area contributed by atoms with Crippen LogP contribution in [0.3, 0.4) is 0 Å². The van der Waals surface area contributed by atoms with E-state index in [0.717, 1.165) is 43.6 Å². The second kappa shape index (κ2) is 11.6. The van der Waals surface area contributed by atoms with Gasteiger partial charge < -0.3 is 25.2 Å². The van der Waals surface area contributed by atoms with Gasteiger partial charge >= 0.3 is 6.03 Å². The van der Waals surface area contributed by atoms with Crippen LogP contribution in [0.4, 0.5) is 26.8 Å². The number of aromatic nitrogens is 4. The molecule has 11 nitrogen and oxygen atoms in total. The fourth-order valence-corrected chi connectivity index (χ4v) is 5.08. The van der Waals surface area contributed by atoms with Gasteiger partial charge in [-0.3, -0.25) is 10.00 Å². The third kappa shape index (κ3) is 5.67. The van der Waals surface area contributed by atoms with Crippen LogP contribution in [0.5, 0.6) is 0 Å². The van der Waals surface area contributed by atoms with E-state index in [1.54, 1.807) is 7.11 Å².